The van der Waals surface area contributed by atoms with Crippen LogP contribution in [0.1, 0.15) is 31.5 Å². The maximum atomic E-state index is 12.7. The zero-order valence-corrected chi connectivity index (χ0v) is 17.1. The molecule has 9 heteroatoms. The fourth-order valence-corrected chi connectivity index (χ4v) is 3.39. The third kappa shape index (κ3) is 4.21. The summed E-state index contributed by atoms with van der Waals surface area (Å²) in [7, 11) is 0. The van der Waals surface area contributed by atoms with Crippen molar-refractivity contribution in [2.45, 2.75) is 44.7 Å². The molecule has 1 aromatic heterocycles. The number of halogens is 1. The van der Waals surface area contributed by atoms with E-state index in [4.69, 9.17) is 16.9 Å². The van der Waals surface area contributed by atoms with Crippen molar-refractivity contribution in [3.05, 3.63) is 45.5 Å². The second-order valence-corrected chi connectivity index (χ2v) is 8.24. The van der Waals surface area contributed by atoms with E-state index in [0.29, 0.717) is 40.6 Å². The highest BCUT2D eigenvalue weighted by molar-refractivity contribution is 6.31. The third-order valence-corrected chi connectivity index (χ3v) is 5.54. The SMILES string of the molecule is Cc1nc(-c2ccc(Cl)cc2NC(=O)C2CC2)cc(=O)n1CC(=O)NC1(C#N)CC1. The number of anilines is 1. The monoisotopic (exact) mass is 425 g/mol. The molecule has 0 atom stereocenters. The zero-order valence-electron chi connectivity index (χ0n) is 16.4. The van der Waals surface area contributed by atoms with Gasteiger partial charge in [0.2, 0.25) is 11.8 Å². The predicted molar refractivity (Wildman–Crippen MR) is 111 cm³/mol. The Balaban J connectivity index is 1.60. The molecule has 1 aromatic carbocycles. The lowest BCUT2D eigenvalue weighted by atomic mass is 10.1. The minimum atomic E-state index is -0.792. The van der Waals surface area contributed by atoms with Crippen LogP contribution in [0.2, 0.25) is 5.02 Å². The molecule has 30 heavy (non-hydrogen) atoms. The number of carbonyl (C=O) groups excluding carboxylic acids is 2. The first-order valence-corrected chi connectivity index (χ1v) is 10.1. The van der Waals surface area contributed by atoms with E-state index in [2.05, 4.69) is 21.7 Å². The highest BCUT2D eigenvalue weighted by atomic mass is 35.5. The fraction of sp³-hybridized carbons (Fsp3) is 0.381. The number of benzene rings is 1. The van der Waals surface area contributed by atoms with Crippen molar-refractivity contribution in [3.63, 3.8) is 0 Å². The van der Waals surface area contributed by atoms with Gasteiger partial charge in [0.1, 0.15) is 17.9 Å². The highest BCUT2D eigenvalue weighted by Gasteiger charge is 2.44. The van der Waals surface area contributed by atoms with Gasteiger partial charge in [-0.05, 0) is 50.8 Å². The van der Waals surface area contributed by atoms with E-state index in [1.165, 1.54) is 10.6 Å². The normalized spacial score (nSPS) is 16.4. The molecular formula is C21H20ClN5O3. The van der Waals surface area contributed by atoms with Crippen LogP contribution in [-0.4, -0.2) is 26.9 Å². The number of carbonyl (C=O) groups is 2. The highest BCUT2D eigenvalue weighted by Crippen LogP contribution is 2.35. The standard InChI is InChI=1S/C21H20ClN5O3/c1-12-24-17(9-19(29)27(12)10-18(28)26-21(11-23)6-7-21)15-5-4-14(22)8-16(15)25-20(30)13-2-3-13/h4-5,8-9,13H,2-3,6-7,10H2,1H3,(H,25,30)(H,26,28). The van der Waals surface area contributed by atoms with Gasteiger partial charge in [0, 0.05) is 22.6 Å². The van der Waals surface area contributed by atoms with Gasteiger partial charge >= 0.3 is 0 Å². The Bertz CT molecular complexity index is 1140. The van der Waals surface area contributed by atoms with Crippen LogP contribution < -0.4 is 16.2 Å². The lowest BCUT2D eigenvalue weighted by Gasteiger charge is -2.15. The number of nitriles is 1. The quantitative estimate of drug-likeness (QED) is 0.736. The number of nitrogens with zero attached hydrogens (tertiary/aromatic N) is 3. The van der Waals surface area contributed by atoms with Crippen LogP contribution in [0.3, 0.4) is 0 Å². The number of hydrogen-bond donors (Lipinski definition) is 2. The van der Waals surface area contributed by atoms with E-state index in [9.17, 15) is 14.4 Å². The van der Waals surface area contributed by atoms with Gasteiger partial charge in [-0.25, -0.2) is 4.98 Å². The van der Waals surface area contributed by atoms with Crippen LogP contribution in [0.25, 0.3) is 11.3 Å². The molecule has 2 N–H and O–H groups in total. The van der Waals surface area contributed by atoms with Crippen LogP contribution >= 0.6 is 11.6 Å². The summed E-state index contributed by atoms with van der Waals surface area (Å²) in [4.78, 5) is 41.6. The first kappa shape index (κ1) is 20.1. The minimum Gasteiger partial charge on any atom is -0.336 e. The first-order chi connectivity index (χ1) is 14.3. The molecular weight excluding hydrogens is 406 g/mol. The van der Waals surface area contributed by atoms with Gasteiger partial charge in [-0.2, -0.15) is 5.26 Å². The van der Waals surface area contributed by atoms with Crippen molar-refractivity contribution in [2.75, 3.05) is 5.32 Å². The average Bonchev–Trinajstić information content (AvgIpc) is 3.59. The lowest BCUT2D eigenvalue weighted by molar-refractivity contribution is -0.122. The number of aryl methyl sites for hydroxylation is 1. The Morgan fingerprint density at radius 3 is 2.67 bits per heavy atom. The molecule has 0 unspecified atom stereocenters. The van der Waals surface area contributed by atoms with Crippen molar-refractivity contribution >= 4 is 29.1 Å². The van der Waals surface area contributed by atoms with Gasteiger partial charge in [-0.15, -0.1) is 0 Å². The first-order valence-electron chi connectivity index (χ1n) is 9.72. The summed E-state index contributed by atoms with van der Waals surface area (Å²) < 4.78 is 1.25. The lowest BCUT2D eigenvalue weighted by Crippen LogP contribution is -2.40. The van der Waals surface area contributed by atoms with Crippen molar-refractivity contribution in [1.29, 1.82) is 5.26 Å². The minimum absolute atomic E-state index is 0.0150. The summed E-state index contributed by atoms with van der Waals surface area (Å²) in [5.74, 6) is -0.116. The van der Waals surface area contributed by atoms with Crippen LogP contribution in [0, 0.1) is 24.2 Å². The molecule has 2 fully saturated rings. The zero-order chi connectivity index (χ0) is 21.5. The van der Waals surface area contributed by atoms with Gasteiger partial charge in [0.25, 0.3) is 5.56 Å². The summed E-state index contributed by atoms with van der Waals surface area (Å²) in [5, 5.41) is 15.1. The van der Waals surface area contributed by atoms with Gasteiger partial charge in [0.15, 0.2) is 0 Å². The molecule has 2 aliphatic rings. The van der Waals surface area contributed by atoms with Crippen molar-refractivity contribution < 1.29 is 9.59 Å². The number of hydrogen-bond acceptors (Lipinski definition) is 5. The summed E-state index contributed by atoms with van der Waals surface area (Å²) in [6.45, 7) is 1.42. The molecule has 2 saturated carbocycles. The van der Waals surface area contributed by atoms with Crippen LogP contribution in [0.15, 0.2) is 29.1 Å². The van der Waals surface area contributed by atoms with E-state index < -0.39 is 17.0 Å². The topological polar surface area (TPSA) is 117 Å². The van der Waals surface area contributed by atoms with Crippen LogP contribution in [0.4, 0.5) is 5.69 Å². The van der Waals surface area contributed by atoms with E-state index >= 15 is 0 Å². The van der Waals surface area contributed by atoms with E-state index in [0.717, 1.165) is 12.8 Å². The molecule has 8 nitrogen and oxygen atoms in total. The molecule has 0 radical (unpaired) electrons. The smallest absolute Gasteiger partial charge is 0.254 e. The largest absolute Gasteiger partial charge is 0.336 e. The second kappa shape index (κ2) is 7.58. The number of aromatic nitrogens is 2. The summed E-state index contributed by atoms with van der Waals surface area (Å²) >= 11 is 6.09. The third-order valence-electron chi connectivity index (χ3n) is 5.31. The maximum Gasteiger partial charge on any atom is 0.254 e. The Kier molecular flexibility index (Phi) is 5.08. The molecule has 0 saturated heterocycles. The Labute approximate surface area is 177 Å². The molecule has 4 rings (SSSR count). The molecule has 2 aliphatic carbocycles. The Morgan fingerprint density at radius 1 is 1.33 bits per heavy atom. The second-order valence-electron chi connectivity index (χ2n) is 7.81. The Morgan fingerprint density at radius 2 is 2.07 bits per heavy atom. The van der Waals surface area contributed by atoms with Crippen molar-refractivity contribution in [1.82, 2.24) is 14.9 Å². The molecule has 0 aliphatic heterocycles. The summed E-state index contributed by atoms with van der Waals surface area (Å²) in [5.41, 5.74) is 0.258. The number of nitrogens with one attached hydrogen (secondary N) is 2. The van der Waals surface area contributed by atoms with Gasteiger partial charge in [-0.3, -0.25) is 19.0 Å². The van der Waals surface area contributed by atoms with Crippen LogP contribution in [0.5, 0.6) is 0 Å². The maximum absolute atomic E-state index is 12.7. The Hall–Kier alpha value is -3.18. The van der Waals surface area contributed by atoms with E-state index in [1.54, 1.807) is 25.1 Å². The van der Waals surface area contributed by atoms with E-state index in [-0.39, 0.29) is 18.4 Å². The van der Waals surface area contributed by atoms with E-state index in [1.807, 2.05) is 0 Å². The van der Waals surface area contributed by atoms with Gasteiger partial charge < -0.3 is 10.6 Å². The van der Waals surface area contributed by atoms with Crippen molar-refractivity contribution in [3.8, 4) is 17.3 Å². The van der Waals surface area contributed by atoms with Gasteiger partial charge in [0.05, 0.1) is 17.5 Å². The molecule has 1 heterocycles. The van der Waals surface area contributed by atoms with Gasteiger partial charge in [-0.1, -0.05) is 11.6 Å². The molecule has 154 valence electrons. The average molecular weight is 426 g/mol. The molecule has 0 spiro atoms. The summed E-state index contributed by atoms with van der Waals surface area (Å²) in [6.07, 6.45) is 2.97. The van der Waals surface area contributed by atoms with Crippen LogP contribution in [-0.2, 0) is 16.1 Å². The molecule has 0 bridgehead atoms. The fourth-order valence-electron chi connectivity index (χ4n) is 3.21. The molecule has 2 amide bonds. The number of rotatable bonds is 6. The predicted octanol–water partition coefficient (Wildman–Crippen LogP) is 2.39. The van der Waals surface area contributed by atoms with Crippen molar-refractivity contribution in [2.24, 2.45) is 5.92 Å². The molecule has 2 aromatic rings. The summed E-state index contributed by atoms with van der Waals surface area (Å²) in [6, 6.07) is 8.41. The number of amides is 2.